The van der Waals surface area contributed by atoms with E-state index in [4.69, 9.17) is 21.6 Å². The van der Waals surface area contributed by atoms with Gasteiger partial charge in [-0.1, -0.05) is 11.6 Å². The first-order valence-electron chi connectivity index (χ1n) is 5.58. The lowest BCUT2D eigenvalue weighted by atomic mass is 10.2. The van der Waals surface area contributed by atoms with Crippen LogP contribution in [0.4, 0.5) is 0 Å². The molecule has 102 valence electrons. The fraction of sp³-hybridized carbons (Fsp3) is 0.364. The molecule has 2 rings (SSSR count). The third kappa shape index (κ3) is 3.43. The second kappa shape index (κ2) is 5.86. The first kappa shape index (κ1) is 14.2. The zero-order valence-electron chi connectivity index (χ0n) is 9.97. The van der Waals surface area contributed by atoms with E-state index >= 15 is 0 Å². The van der Waals surface area contributed by atoms with Crippen LogP contribution in [0.1, 0.15) is 5.56 Å². The van der Waals surface area contributed by atoms with Gasteiger partial charge in [0, 0.05) is 13.1 Å². The van der Waals surface area contributed by atoms with Gasteiger partial charge < -0.3 is 4.74 Å². The van der Waals surface area contributed by atoms with Crippen LogP contribution >= 0.6 is 11.6 Å². The average molecular weight is 302 g/mol. The van der Waals surface area contributed by atoms with Crippen molar-refractivity contribution in [3.63, 3.8) is 0 Å². The highest BCUT2D eigenvalue weighted by molar-refractivity contribution is 7.89. The lowest BCUT2D eigenvalue weighted by Gasteiger charge is -2.26. The highest BCUT2D eigenvalue weighted by Crippen LogP contribution is 2.20. The summed E-state index contributed by atoms with van der Waals surface area (Å²) in [6.45, 7) is 1.94. The molecule has 1 aliphatic rings. The molecule has 0 bridgehead atoms. The lowest BCUT2D eigenvalue weighted by Crippen LogP contribution is -2.48. The summed E-state index contributed by atoms with van der Waals surface area (Å²) in [6, 6.07) is 5.89. The summed E-state index contributed by atoms with van der Waals surface area (Å²) in [5, 5.41) is 10.4. The maximum Gasteiger partial charge on any atom is 0.253 e. The Bertz CT molecular complexity index is 606. The number of rotatable bonds is 3. The minimum absolute atomic E-state index is 0.0305. The average Bonchev–Trinajstić information content (AvgIpc) is 2.39. The van der Waals surface area contributed by atoms with Gasteiger partial charge in [0.1, 0.15) is 6.07 Å². The molecule has 0 spiro atoms. The van der Waals surface area contributed by atoms with Gasteiger partial charge in [-0.05, 0) is 18.2 Å². The van der Waals surface area contributed by atoms with Crippen molar-refractivity contribution < 1.29 is 13.2 Å². The predicted octanol–water partition coefficient (Wildman–Crippen LogP) is 0.737. The number of morpholine rings is 1. The first-order valence-corrected chi connectivity index (χ1v) is 7.44. The molecule has 0 atom stereocenters. The summed E-state index contributed by atoms with van der Waals surface area (Å²) in [4.78, 5) is 2.49. The normalized spacial score (nSPS) is 17.1. The van der Waals surface area contributed by atoms with Gasteiger partial charge in [-0.15, -0.1) is 4.83 Å². The summed E-state index contributed by atoms with van der Waals surface area (Å²) < 4.78 is 29.4. The van der Waals surface area contributed by atoms with Crippen LogP contribution in [0.25, 0.3) is 0 Å². The number of hydrogen-bond donors (Lipinski definition) is 1. The van der Waals surface area contributed by atoms with Gasteiger partial charge in [-0.3, -0.25) is 0 Å². The molecule has 1 fully saturated rings. The highest BCUT2D eigenvalue weighted by atomic mass is 35.5. The van der Waals surface area contributed by atoms with Crippen molar-refractivity contribution in [2.75, 3.05) is 26.3 Å². The molecule has 0 unspecified atom stereocenters. The number of nitriles is 1. The van der Waals surface area contributed by atoms with Crippen LogP contribution in [0.15, 0.2) is 23.1 Å². The minimum Gasteiger partial charge on any atom is -0.379 e. The Morgan fingerprint density at radius 2 is 2.05 bits per heavy atom. The Morgan fingerprint density at radius 1 is 1.37 bits per heavy atom. The monoisotopic (exact) mass is 301 g/mol. The van der Waals surface area contributed by atoms with Crippen LogP contribution in [0.3, 0.4) is 0 Å². The fourth-order valence-electron chi connectivity index (χ4n) is 1.63. The van der Waals surface area contributed by atoms with Crippen molar-refractivity contribution in [1.29, 1.82) is 5.26 Å². The number of nitrogens with one attached hydrogen (secondary N) is 1. The van der Waals surface area contributed by atoms with Gasteiger partial charge in [0.25, 0.3) is 10.0 Å². The highest BCUT2D eigenvalue weighted by Gasteiger charge is 2.20. The van der Waals surface area contributed by atoms with Crippen molar-refractivity contribution in [3.8, 4) is 6.07 Å². The molecule has 1 aromatic rings. The number of sulfonamides is 1. The topological polar surface area (TPSA) is 82.4 Å². The molecule has 0 amide bonds. The van der Waals surface area contributed by atoms with Crippen LogP contribution in [0, 0.1) is 11.3 Å². The van der Waals surface area contributed by atoms with E-state index in [0.717, 1.165) is 0 Å². The van der Waals surface area contributed by atoms with Crippen LogP contribution in [-0.2, 0) is 14.8 Å². The smallest absolute Gasteiger partial charge is 0.253 e. The van der Waals surface area contributed by atoms with E-state index in [2.05, 4.69) is 4.83 Å². The zero-order valence-corrected chi connectivity index (χ0v) is 11.5. The molecular formula is C11H12ClN3O3S. The standard InChI is InChI=1S/C11H12ClN3O3S/c12-11-7-10(2-1-9(11)8-13)19(16,17)14-15-3-5-18-6-4-15/h1-2,7,14H,3-6H2. The molecular weight excluding hydrogens is 290 g/mol. The van der Waals surface area contributed by atoms with E-state index in [1.807, 2.05) is 6.07 Å². The summed E-state index contributed by atoms with van der Waals surface area (Å²) in [6.07, 6.45) is 0. The molecule has 1 saturated heterocycles. The largest absolute Gasteiger partial charge is 0.379 e. The van der Waals surface area contributed by atoms with Gasteiger partial charge in [0.05, 0.1) is 28.7 Å². The minimum atomic E-state index is -3.68. The lowest BCUT2D eigenvalue weighted by molar-refractivity contribution is 0.0272. The second-order valence-corrected chi connectivity index (χ2v) is 6.02. The molecule has 8 heteroatoms. The van der Waals surface area contributed by atoms with E-state index in [1.165, 1.54) is 18.2 Å². The van der Waals surface area contributed by atoms with Crippen molar-refractivity contribution >= 4 is 21.6 Å². The molecule has 1 N–H and O–H groups in total. The van der Waals surface area contributed by atoms with Gasteiger partial charge in [0.2, 0.25) is 0 Å². The second-order valence-electron chi connectivity index (χ2n) is 3.95. The molecule has 19 heavy (non-hydrogen) atoms. The summed E-state index contributed by atoms with van der Waals surface area (Å²) in [5.74, 6) is 0. The number of halogens is 1. The van der Waals surface area contributed by atoms with Crippen LogP contribution < -0.4 is 4.83 Å². The molecule has 1 aliphatic heterocycles. The summed E-state index contributed by atoms with van der Waals surface area (Å²) in [7, 11) is -3.68. The quantitative estimate of drug-likeness (QED) is 0.890. The van der Waals surface area contributed by atoms with E-state index in [1.54, 1.807) is 5.01 Å². The zero-order chi connectivity index (χ0) is 13.9. The molecule has 0 aliphatic carbocycles. The first-order chi connectivity index (χ1) is 9.03. The maximum absolute atomic E-state index is 12.1. The molecule has 6 nitrogen and oxygen atoms in total. The Kier molecular flexibility index (Phi) is 4.39. The number of benzene rings is 1. The number of ether oxygens (including phenoxy) is 1. The van der Waals surface area contributed by atoms with Crippen molar-refractivity contribution in [3.05, 3.63) is 28.8 Å². The van der Waals surface area contributed by atoms with Crippen LogP contribution in [0.5, 0.6) is 0 Å². The fourth-order valence-corrected chi connectivity index (χ4v) is 3.07. The van der Waals surface area contributed by atoms with Crippen molar-refractivity contribution in [2.45, 2.75) is 4.90 Å². The number of nitrogens with zero attached hydrogens (tertiary/aromatic N) is 2. The van der Waals surface area contributed by atoms with Crippen LogP contribution in [0.2, 0.25) is 5.02 Å². The Hall–Kier alpha value is -1.17. The predicted molar refractivity (Wildman–Crippen MR) is 68.9 cm³/mol. The third-order valence-electron chi connectivity index (χ3n) is 2.63. The van der Waals surface area contributed by atoms with Crippen molar-refractivity contribution in [1.82, 2.24) is 9.84 Å². The van der Waals surface area contributed by atoms with E-state index in [0.29, 0.717) is 26.3 Å². The molecule has 1 heterocycles. The Balaban J connectivity index is 2.19. The van der Waals surface area contributed by atoms with Crippen molar-refractivity contribution in [2.24, 2.45) is 0 Å². The van der Waals surface area contributed by atoms with E-state index < -0.39 is 10.0 Å². The molecule has 0 saturated carbocycles. The number of hydrazine groups is 1. The van der Waals surface area contributed by atoms with Gasteiger partial charge in [0.15, 0.2) is 0 Å². The summed E-state index contributed by atoms with van der Waals surface area (Å²) in [5.41, 5.74) is 0.243. The van der Waals surface area contributed by atoms with E-state index in [-0.39, 0.29) is 15.5 Å². The van der Waals surface area contributed by atoms with Gasteiger partial charge in [-0.2, -0.15) is 5.26 Å². The van der Waals surface area contributed by atoms with E-state index in [9.17, 15) is 8.42 Å². The third-order valence-corrected chi connectivity index (χ3v) is 4.32. The Labute approximate surface area is 116 Å². The summed E-state index contributed by atoms with van der Waals surface area (Å²) >= 11 is 5.83. The molecule has 0 aromatic heterocycles. The SMILES string of the molecule is N#Cc1ccc(S(=O)(=O)NN2CCOCC2)cc1Cl. The van der Waals surface area contributed by atoms with Gasteiger partial charge in [-0.25, -0.2) is 13.4 Å². The number of hydrogen-bond acceptors (Lipinski definition) is 5. The Morgan fingerprint density at radius 3 is 2.63 bits per heavy atom. The molecule has 0 radical (unpaired) electrons. The maximum atomic E-state index is 12.1. The molecule has 1 aromatic carbocycles. The van der Waals surface area contributed by atoms with Crippen LogP contribution in [-0.4, -0.2) is 39.7 Å². The van der Waals surface area contributed by atoms with Gasteiger partial charge >= 0.3 is 0 Å².